The van der Waals surface area contributed by atoms with E-state index in [1.807, 2.05) is 30.3 Å². The van der Waals surface area contributed by atoms with Crippen molar-refractivity contribution in [2.75, 3.05) is 36.9 Å². The molecule has 1 aromatic heterocycles. The standard InChI is InChI=1S/C23H25N5O2/c29-23(25-20-7-2-1-3-8-20)21-9-10-22(27-26-21)24-16-18-5-4-6-19(15-18)17-28-11-13-30-14-12-28/h1-10,15H,11-14,16-17H2,(H,24,27)(H,25,29). The molecule has 1 fully saturated rings. The first-order chi connectivity index (χ1) is 14.8. The van der Waals surface area contributed by atoms with Crippen LogP contribution >= 0.6 is 0 Å². The molecule has 1 aliphatic heterocycles. The first-order valence-electron chi connectivity index (χ1n) is 10.1. The summed E-state index contributed by atoms with van der Waals surface area (Å²) in [7, 11) is 0. The van der Waals surface area contributed by atoms with Gasteiger partial charge in [-0.25, -0.2) is 0 Å². The summed E-state index contributed by atoms with van der Waals surface area (Å²) in [6, 6.07) is 21.2. The molecule has 154 valence electrons. The Kier molecular flexibility index (Phi) is 6.64. The highest BCUT2D eigenvalue weighted by Gasteiger charge is 2.11. The number of hydrogen-bond donors (Lipinski definition) is 2. The predicted molar refractivity (Wildman–Crippen MR) is 116 cm³/mol. The van der Waals surface area contributed by atoms with Gasteiger partial charge in [-0.3, -0.25) is 9.69 Å². The molecule has 0 aliphatic carbocycles. The monoisotopic (exact) mass is 403 g/mol. The van der Waals surface area contributed by atoms with Crippen molar-refractivity contribution < 1.29 is 9.53 Å². The van der Waals surface area contributed by atoms with Gasteiger partial charge < -0.3 is 15.4 Å². The topological polar surface area (TPSA) is 79.4 Å². The third-order valence-corrected chi connectivity index (χ3v) is 4.90. The summed E-state index contributed by atoms with van der Waals surface area (Å²) in [5.74, 6) is 0.348. The molecule has 2 N–H and O–H groups in total. The van der Waals surface area contributed by atoms with Crippen LogP contribution in [-0.2, 0) is 17.8 Å². The molecule has 0 atom stereocenters. The Morgan fingerprint density at radius 2 is 1.73 bits per heavy atom. The van der Waals surface area contributed by atoms with Crippen LogP contribution in [0, 0.1) is 0 Å². The molecular weight excluding hydrogens is 378 g/mol. The molecular formula is C23H25N5O2. The summed E-state index contributed by atoms with van der Waals surface area (Å²) in [6.45, 7) is 5.13. The predicted octanol–water partition coefficient (Wildman–Crippen LogP) is 3.17. The highest BCUT2D eigenvalue weighted by molar-refractivity contribution is 6.02. The summed E-state index contributed by atoms with van der Waals surface area (Å²) in [6.07, 6.45) is 0. The fourth-order valence-electron chi connectivity index (χ4n) is 3.31. The summed E-state index contributed by atoms with van der Waals surface area (Å²) < 4.78 is 5.41. The Labute approximate surface area is 176 Å². The molecule has 2 aromatic carbocycles. The molecule has 1 saturated heterocycles. The number of aromatic nitrogens is 2. The van der Waals surface area contributed by atoms with Crippen molar-refractivity contribution in [3.05, 3.63) is 83.6 Å². The lowest BCUT2D eigenvalue weighted by atomic mass is 10.1. The van der Waals surface area contributed by atoms with Gasteiger partial charge in [0, 0.05) is 31.9 Å². The van der Waals surface area contributed by atoms with Crippen molar-refractivity contribution in [2.45, 2.75) is 13.1 Å². The second-order valence-corrected chi connectivity index (χ2v) is 7.19. The summed E-state index contributed by atoms with van der Waals surface area (Å²) >= 11 is 0. The maximum atomic E-state index is 12.3. The Hall–Kier alpha value is -3.29. The normalized spacial score (nSPS) is 14.3. The van der Waals surface area contributed by atoms with E-state index in [-0.39, 0.29) is 11.6 Å². The van der Waals surface area contributed by atoms with Crippen LogP contribution in [0.4, 0.5) is 11.5 Å². The van der Waals surface area contributed by atoms with Gasteiger partial charge in [0.05, 0.1) is 13.2 Å². The minimum absolute atomic E-state index is 0.275. The number of hydrogen-bond acceptors (Lipinski definition) is 6. The molecule has 0 saturated carbocycles. The Morgan fingerprint density at radius 1 is 0.933 bits per heavy atom. The van der Waals surface area contributed by atoms with Gasteiger partial charge >= 0.3 is 0 Å². The van der Waals surface area contributed by atoms with E-state index in [1.165, 1.54) is 11.1 Å². The fourth-order valence-corrected chi connectivity index (χ4v) is 3.31. The summed E-state index contributed by atoms with van der Waals surface area (Å²) in [5, 5.41) is 14.2. The van der Waals surface area contributed by atoms with Gasteiger partial charge in [0.25, 0.3) is 5.91 Å². The van der Waals surface area contributed by atoms with Crippen LogP contribution in [0.1, 0.15) is 21.6 Å². The Balaban J connectivity index is 1.30. The molecule has 0 radical (unpaired) electrons. The van der Waals surface area contributed by atoms with Crippen LogP contribution in [0.2, 0.25) is 0 Å². The number of anilines is 2. The molecule has 3 aromatic rings. The van der Waals surface area contributed by atoms with Crippen LogP contribution in [0.3, 0.4) is 0 Å². The van der Waals surface area contributed by atoms with Crippen LogP contribution in [-0.4, -0.2) is 47.3 Å². The van der Waals surface area contributed by atoms with E-state index >= 15 is 0 Å². The minimum atomic E-state index is -0.281. The van der Waals surface area contributed by atoms with Crippen molar-refractivity contribution in [2.24, 2.45) is 0 Å². The number of amides is 1. The van der Waals surface area contributed by atoms with Gasteiger partial charge in [-0.15, -0.1) is 10.2 Å². The van der Waals surface area contributed by atoms with Crippen molar-refractivity contribution in [3.63, 3.8) is 0 Å². The number of nitrogens with one attached hydrogen (secondary N) is 2. The van der Waals surface area contributed by atoms with E-state index in [9.17, 15) is 4.79 Å². The molecule has 1 amide bonds. The lowest BCUT2D eigenvalue weighted by Gasteiger charge is -2.26. The number of ether oxygens (including phenoxy) is 1. The molecule has 30 heavy (non-hydrogen) atoms. The van der Waals surface area contributed by atoms with Gasteiger partial charge in [0.1, 0.15) is 5.82 Å². The number of rotatable bonds is 7. The van der Waals surface area contributed by atoms with Gasteiger partial charge in [0.15, 0.2) is 5.69 Å². The number of nitrogens with zero attached hydrogens (tertiary/aromatic N) is 3. The van der Waals surface area contributed by atoms with Gasteiger partial charge in [-0.2, -0.15) is 0 Å². The van der Waals surface area contributed by atoms with E-state index in [4.69, 9.17) is 4.74 Å². The Morgan fingerprint density at radius 3 is 2.50 bits per heavy atom. The van der Waals surface area contributed by atoms with E-state index in [2.05, 4.69) is 50.0 Å². The second-order valence-electron chi connectivity index (χ2n) is 7.19. The van der Waals surface area contributed by atoms with Crippen LogP contribution in [0.5, 0.6) is 0 Å². The third-order valence-electron chi connectivity index (χ3n) is 4.90. The number of benzene rings is 2. The second kappa shape index (κ2) is 9.96. The first-order valence-corrected chi connectivity index (χ1v) is 10.1. The molecule has 0 spiro atoms. The fraction of sp³-hybridized carbons (Fsp3) is 0.261. The maximum absolute atomic E-state index is 12.3. The molecule has 1 aliphatic rings. The smallest absolute Gasteiger partial charge is 0.276 e. The van der Waals surface area contributed by atoms with E-state index in [1.54, 1.807) is 12.1 Å². The number of para-hydroxylation sites is 1. The third kappa shape index (κ3) is 5.62. The minimum Gasteiger partial charge on any atom is -0.379 e. The zero-order chi connectivity index (χ0) is 20.6. The van der Waals surface area contributed by atoms with E-state index < -0.39 is 0 Å². The Bertz CT molecular complexity index is 957. The highest BCUT2D eigenvalue weighted by Crippen LogP contribution is 2.12. The molecule has 0 unspecified atom stereocenters. The lowest BCUT2D eigenvalue weighted by molar-refractivity contribution is 0.0342. The molecule has 2 heterocycles. The average Bonchev–Trinajstić information content (AvgIpc) is 2.80. The van der Waals surface area contributed by atoms with Gasteiger partial charge in [-0.1, -0.05) is 42.5 Å². The SMILES string of the molecule is O=C(Nc1ccccc1)c1ccc(NCc2cccc(CN3CCOCC3)c2)nn1. The average molecular weight is 403 g/mol. The van der Waals surface area contributed by atoms with E-state index in [0.717, 1.165) is 38.5 Å². The summed E-state index contributed by atoms with van der Waals surface area (Å²) in [4.78, 5) is 14.7. The quantitative estimate of drug-likeness (QED) is 0.631. The molecule has 7 heteroatoms. The van der Waals surface area contributed by atoms with Crippen molar-refractivity contribution >= 4 is 17.4 Å². The zero-order valence-electron chi connectivity index (χ0n) is 16.8. The number of carbonyl (C=O) groups excluding carboxylic acids is 1. The highest BCUT2D eigenvalue weighted by atomic mass is 16.5. The molecule has 4 rings (SSSR count). The zero-order valence-corrected chi connectivity index (χ0v) is 16.8. The number of morpholine rings is 1. The largest absolute Gasteiger partial charge is 0.379 e. The number of carbonyl (C=O) groups is 1. The van der Waals surface area contributed by atoms with Gasteiger partial charge in [0.2, 0.25) is 0 Å². The van der Waals surface area contributed by atoms with Crippen molar-refractivity contribution in [1.82, 2.24) is 15.1 Å². The van der Waals surface area contributed by atoms with E-state index in [0.29, 0.717) is 12.4 Å². The van der Waals surface area contributed by atoms with Crippen LogP contribution < -0.4 is 10.6 Å². The van der Waals surface area contributed by atoms with Crippen LogP contribution in [0.25, 0.3) is 0 Å². The van der Waals surface area contributed by atoms with Gasteiger partial charge in [-0.05, 0) is 35.4 Å². The first kappa shape index (κ1) is 20.0. The maximum Gasteiger partial charge on any atom is 0.276 e. The van der Waals surface area contributed by atoms with Crippen LogP contribution in [0.15, 0.2) is 66.7 Å². The van der Waals surface area contributed by atoms with Crippen molar-refractivity contribution in [1.29, 1.82) is 0 Å². The van der Waals surface area contributed by atoms with Crippen molar-refractivity contribution in [3.8, 4) is 0 Å². The molecule has 7 nitrogen and oxygen atoms in total. The lowest BCUT2D eigenvalue weighted by Crippen LogP contribution is -2.35. The molecule has 0 bridgehead atoms. The summed E-state index contributed by atoms with van der Waals surface area (Å²) in [5.41, 5.74) is 3.46.